The summed E-state index contributed by atoms with van der Waals surface area (Å²) in [5.74, 6) is -0.589. The molecule has 1 saturated heterocycles. The number of carbonyl (C=O) groups is 2. The number of hydrogen-bond donors (Lipinski definition) is 1. The topological polar surface area (TPSA) is 52.7 Å². The molecule has 1 spiro atoms. The fourth-order valence-electron chi connectivity index (χ4n) is 4.28. The number of nitrogens with zero attached hydrogens (tertiary/aromatic N) is 2. The van der Waals surface area contributed by atoms with Crippen LogP contribution in [0.1, 0.15) is 11.1 Å². The molecule has 5 rings (SSSR count). The zero-order valence-corrected chi connectivity index (χ0v) is 17.7. The SMILES string of the molecule is O=C(Nc1cccc(F)c1)N1CCS[C@@]12C(=O)N(Cc1ccccc1F)c1ccccc12. The van der Waals surface area contributed by atoms with Crippen LogP contribution >= 0.6 is 11.8 Å². The number of amides is 3. The first-order valence-corrected chi connectivity index (χ1v) is 11.1. The first kappa shape index (κ1) is 20.5. The van der Waals surface area contributed by atoms with E-state index in [2.05, 4.69) is 5.32 Å². The molecule has 2 heterocycles. The van der Waals surface area contributed by atoms with Crippen LogP contribution in [0.15, 0.2) is 72.8 Å². The van der Waals surface area contributed by atoms with E-state index < -0.39 is 22.5 Å². The van der Waals surface area contributed by atoms with Crippen molar-refractivity contribution >= 4 is 35.1 Å². The second-order valence-corrected chi connectivity index (χ2v) is 8.87. The Morgan fingerprint density at radius 3 is 2.62 bits per heavy atom. The van der Waals surface area contributed by atoms with Gasteiger partial charge in [0.2, 0.25) is 0 Å². The van der Waals surface area contributed by atoms with Gasteiger partial charge >= 0.3 is 6.03 Å². The van der Waals surface area contributed by atoms with Crippen molar-refractivity contribution in [2.75, 3.05) is 22.5 Å². The maximum atomic E-state index is 14.3. The van der Waals surface area contributed by atoms with Gasteiger partial charge in [-0.25, -0.2) is 13.6 Å². The number of thioether (sulfide) groups is 1. The van der Waals surface area contributed by atoms with Gasteiger partial charge in [0.25, 0.3) is 5.91 Å². The summed E-state index contributed by atoms with van der Waals surface area (Å²) in [6, 6.07) is 18.7. The molecule has 162 valence electrons. The van der Waals surface area contributed by atoms with Crippen molar-refractivity contribution in [1.29, 1.82) is 0 Å². The molecule has 0 aliphatic carbocycles. The highest BCUT2D eigenvalue weighted by Gasteiger charge is 2.59. The number of rotatable bonds is 3. The number of hydrogen-bond acceptors (Lipinski definition) is 3. The smallest absolute Gasteiger partial charge is 0.308 e. The van der Waals surface area contributed by atoms with E-state index in [1.165, 1.54) is 45.8 Å². The summed E-state index contributed by atoms with van der Waals surface area (Å²) in [6.45, 7) is 0.406. The highest BCUT2D eigenvalue weighted by atomic mass is 32.2. The Bertz CT molecular complexity index is 1220. The molecule has 0 saturated carbocycles. The molecule has 0 radical (unpaired) electrons. The lowest BCUT2D eigenvalue weighted by molar-refractivity contribution is -0.123. The van der Waals surface area contributed by atoms with E-state index in [0.717, 1.165) is 0 Å². The van der Waals surface area contributed by atoms with Crippen LogP contribution in [0, 0.1) is 11.6 Å². The molecule has 8 heteroatoms. The molecule has 3 aromatic carbocycles. The van der Waals surface area contributed by atoms with Crippen LogP contribution in [0.5, 0.6) is 0 Å². The molecule has 1 atom stereocenters. The minimum atomic E-state index is -1.25. The zero-order valence-electron chi connectivity index (χ0n) is 16.9. The van der Waals surface area contributed by atoms with Gasteiger partial charge in [0, 0.05) is 29.1 Å². The monoisotopic (exact) mass is 451 g/mol. The van der Waals surface area contributed by atoms with Crippen LogP contribution < -0.4 is 10.2 Å². The third-order valence-corrected chi connectivity index (χ3v) is 7.13. The van der Waals surface area contributed by atoms with Crippen LogP contribution in [-0.4, -0.2) is 29.1 Å². The summed E-state index contributed by atoms with van der Waals surface area (Å²) < 4.78 is 27.9. The fraction of sp³-hybridized carbons (Fsp3) is 0.167. The number of carbonyl (C=O) groups excluding carboxylic acids is 2. The largest absolute Gasteiger partial charge is 0.323 e. The van der Waals surface area contributed by atoms with Gasteiger partial charge in [-0.3, -0.25) is 9.69 Å². The van der Waals surface area contributed by atoms with E-state index in [4.69, 9.17) is 0 Å². The lowest BCUT2D eigenvalue weighted by Crippen LogP contribution is -2.51. The molecule has 2 aliphatic heterocycles. The van der Waals surface area contributed by atoms with Gasteiger partial charge in [-0.15, -0.1) is 11.8 Å². The van der Waals surface area contributed by atoms with E-state index in [9.17, 15) is 18.4 Å². The third kappa shape index (κ3) is 3.22. The second kappa shape index (κ2) is 7.94. The van der Waals surface area contributed by atoms with E-state index in [1.54, 1.807) is 24.3 Å². The second-order valence-electron chi connectivity index (χ2n) is 7.58. The lowest BCUT2D eigenvalue weighted by Gasteiger charge is -2.33. The molecule has 32 heavy (non-hydrogen) atoms. The zero-order chi connectivity index (χ0) is 22.3. The van der Waals surface area contributed by atoms with Gasteiger partial charge in [-0.05, 0) is 30.3 Å². The first-order chi connectivity index (χ1) is 15.5. The molecule has 0 bridgehead atoms. The molecular weight excluding hydrogens is 432 g/mol. The number of fused-ring (bicyclic) bond motifs is 2. The summed E-state index contributed by atoms with van der Waals surface area (Å²) >= 11 is 1.38. The van der Waals surface area contributed by atoms with Crippen molar-refractivity contribution in [2.45, 2.75) is 11.4 Å². The van der Waals surface area contributed by atoms with Crippen LogP contribution in [-0.2, 0) is 16.2 Å². The Morgan fingerprint density at radius 1 is 1.03 bits per heavy atom. The van der Waals surface area contributed by atoms with E-state index in [0.29, 0.717) is 34.8 Å². The Kier molecular flexibility index (Phi) is 5.09. The van der Waals surface area contributed by atoms with Gasteiger partial charge in [-0.1, -0.05) is 42.5 Å². The van der Waals surface area contributed by atoms with Crippen LogP contribution in [0.2, 0.25) is 0 Å². The van der Waals surface area contributed by atoms with Crippen molar-refractivity contribution in [3.05, 3.63) is 95.6 Å². The molecule has 2 aliphatic rings. The van der Waals surface area contributed by atoms with Crippen LogP contribution in [0.25, 0.3) is 0 Å². The van der Waals surface area contributed by atoms with Crippen molar-refractivity contribution in [3.8, 4) is 0 Å². The summed E-state index contributed by atoms with van der Waals surface area (Å²) in [6.07, 6.45) is 0. The predicted molar refractivity (Wildman–Crippen MR) is 120 cm³/mol. The predicted octanol–water partition coefficient (Wildman–Crippen LogP) is 4.95. The standard InChI is InChI=1S/C24H19F2N3O2S/c25-17-7-5-8-18(14-17)27-23(31)29-12-13-32-24(29)19-9-2-4-11-21(19)28(22(24)30)15-16-6-1-3-10-20(16)26/h1-11,14H,12-13,15H2,(H,27,31)/t24-/m0/s1. The van der Waals surface area contributed by atoms with Crippen molar-refractivity contribution in [2.24, 2.45) is 0 Å². The Labute approximate surface area is 188 Å². The Morgan fingerprint density at radius 2 is 1.81 bits per heavy atom. The van der Waals surface area contributed by atoms with Gasteiger partial charge in [-0.2, -0.15) is 0 Å². The minimum absolute atomic E-state index is 0.0597. The van der Waals surface area contributed by atoms with Gasteiger partial charge < -0.3 is 10.2 Å². The first-order valence-electron chi connectivity index (χ1n) is 10.1. The average molecular weight is 451 g/mol. The van der Waals surface area contributed by atoms with Crippen LogP contribution in [0.3, 0.4) is 0 Å². The third-order valence-electron chi connectivity index (χ3n) is 5.71. The fourth-order valence-corrected chi connectivity index (χ4v) is 5.74. The van der Waals surface area contributed by atoms with Crippen molar-refractivity contribution in [1.82, 2.24) is 4.90 Å². The molecule has 0 unspecified atom stereocenters. The van der Waals surface area contributed by atoms with Crippen molar-refractivity contribution < 1.29 is 18.4 Å². The average Bonchev–Trinajstić information content (AvgIpc) is 3.33. The van der Waals surface area contributed by atoms with E-state index in [1.807, 2.05) is 24.3 Å². The number of benzene rings is 3. The number of urea groups is 1. The summed E-state index contributed by atoms with van der Waals surface area (Å²) in [5, 5.41) is 2.70. The Balaban J connectivity index is 1.52. The van der Waals surface area contributed by atoms with Crippen LogP contribution in [0.4, 0.5) is 25.0 Å². The summed E-state index contributed by atoms with van der Waals surface area (Å²) in [5.41, 5.74) is 2.05. The number of anilines is 2. The molecule has 5 nitrogen and oxygen atoms in total. The van der Waals surface area contributed by atoms with E-state index in [-0.39, 0.29) is 12.5 Å². The summed E-state index contributed by atoms with van der Waals surface area (Å²) in [7, 11) is 0. The molecule has 3 aromatic rings. The molecule has 3 amide bonds. The highest BCUT2D eigenvalue weighted by Crippen LogP contribution is 2.54. The normalized spacial score (nSPS) is 19.5. The Hall–Kier alpha value is -3.39. The van der Waals surface area contributed by atoms with Crippen molar-refractivity contribution in [3.63, 3.8) is 0 Å². The lowest BCUT2D eigenvalue weighted by atomic mass is 10.1. The van der Waals surface area contributed by atoms with Gasteiger partial charge in [0.15, 0.2) is 4.87 Å². The van der Waals surface area contributed by atoms with E-state index >= 15 is 0 Å². The molecule has 1 fully saturated rings. The van der Waals surface area contributed by atoms with Gasteiger partial charge in [0.05, 0.1) is 12.2 Å². The molecule has 1 N–H and O–H groups in total. The number of nitrogens with one attached hydrogen (secondary N) is 1. The molecule has 0 aromatic heterocycles. The maximum absolute atomic E-state index is 14.3. The molecular formula is C24H19F2N3O2S. The maximum Gasteiger partial charge on any atom is 0.323 e. The quantitative estimate of drug-likeness (QED) is 0.613. The van der Waals surface area contributed by atoms with Gasteiger partial charge in [0.1, 0.15) is 11.6 Å². The highest BCUT2D eigenvalue weighted by molar-refractivity contribution is 8.01. The number of para-hydroxylation sites is 1. The summed E-state index contributed by atoms with van der Waals surface area (Å²) in [4.78, 5) is 28.8. The minimum Gasteiger partial charge on any atom is -0.308 e. The number of halogens is 2.